The molecule has 1 heterocycles. The highest BCUT2D eigenvalue weighted by atomic mass is 32.2. The molecule has 3 aliphatic carbocycles. The molecule has 3 atom stereocenters. The molecule has 3 unspecified atom stereocenters. The average molecular weight is 257 g/mol. The van der Waals surface area contributed by atoms with Crippen molar-refractivity contribution in [1.82, 2.24) is 4.72 Å². The smallest absolute Gasteiger partial charge is 0.219 e. The third-order valence-electron chi connectivity index (χ3n) is 4.31. The Morgan fingerprint density at radius 1 is 1.24 bits per heavy atom. The van der Waals surface area contributed by atoms with Gasteiger partial charge >= 0.3 is 0 Å². The van der Waals surface area contributed by atoms with E-state index in [4.69, 9.17) is 4.74 Å². The Balaban J connectivity index is 1.56. The average Bonchev–Trinajstić information content (AvgIpc) is 2.25. The molecule has 2 bridgehead atoms. The van der Waals surface area contributed by atoms with Crippen LogP contribution in [0.1, 0.15) is 19.3 Å². The maximum Gasteiger partial charge on any atom is 0.219 e. The predicted octanol–water partition coefficient (Wildman–Crippen LogP) is 0.907. The molecule has 0 amide bonds. The molecular weight excluding hydrogens is 238 g/mol. The molecule has 0 aromatic rings. The Labute approximate surface area is 102 Å². The van der Waals surface area contributed by atoms with Gasteiger partial charge in [0.05, 0.1) is 13.2 Å². The number of allylic oxidation sites excluding steroid dienone is 2. The highest BCUT2D eigenvalue weighted by molar-refractivity contribution is 7.90. The molecular formula is C12H19NO3S. The van der Waals surface area contributed by atoms with Gasteiger partial charge in [0.15, 0.2) is 0 Å². The highest BCUT2D eigenvalue weighted by Crippen LogP contribution is 2.40. The molecule has 0 radical (unpaired) electrons. The Morgan fingerprint density at radius 3 is 2.53 bits per heavy atom. The molecule has 96 valence electrons. The summed E-state index contributed by atoms with van der Waals surface area (Å²) in [5, 5.41) is -0.321. The molecule has 1 saturated heterocycles. The molecule has 5 heteroatoms. The molecule has 1 saturated carbocycles. The van der Waals surface area contributed by atoms with Crippen LogP contribution < -0.4 is 4.72 Å². The standard InChI is InChI=1S/C12H19NO3S/c14-17(15,12-7-16-8-12)13-6-11-5-9-1-3-10(11)4-2-9/h1,3,9-13H,2,4-8H2. The lowest BCUT2D eigenvalue weighted by atomic mass is 9.69. The van der Waals surface area contributed by atoms with Crippen LogP contribution in [0.2, 0.25) is 0 Å². The van der Waals surface area contributed by atoms with E-state index in [1.165, 1.54) is 12.8 Å². The van der Waals surface area contributed by atoms with Crippen molar-refractivity contribution in [3.8, 4) is 0 Å². The summed E-state index contributed by atoms with van der Waals surface area (Å²) in [6.07, 6.45) is 8.23. The van der Waals surface area contributed by atoms with Crippen LogP contribution in [0.25, 0.3) is 0 Å². The summed E-state index contributed by atoms with van der Waals surface area (Å²) >= 11 is 0. The molecule has 1 N–H and O–H groups in total. The number of sulfonamides is 1. The molecule has 2 fully saturated rings. The fourth-order valence-corrected chi connectivity index (χ4v) is 4.25. The fraction of sp³-hybridized carbons (Fsp3) is 0.833. The van der Waals surface area contributed by atoms with E-state index < -0.39 is 10.0 Å². The SMILES string of the molecule is O=S(=O)(NCC1CC2C=CC1CC2)C1COC1. The summed E-state index contributed by atoms with van der Waals surface area (Å²) in [4.78, 5) is 0. The maximum atomic E-state index is 11.9. The van der Waals surface area contributed by atoms with E-state index in [2.05, 4.69) is 16.9 Å². The summed E-state index contributed by atoms with van der Waals surface area (Å²) in [5.74, 6) is 1.76. The van der Waals surface area contributed by atoms with E-state index in [9.17, 15) is 8.42 Å². The van der Waals surface area contributed by atoms with Crippen LogP contribution >= 0.6 is 0 Å². The summed E-state index contributed by atoms with van der Waals surface area (Å²) < 4.78 is 31.4. The number of fused-ring (bicyclic) bond motifs is 2. The zero-order valence-electron chi connectivity index (χ0n) is 9.84. The zero-order valence-corrected chi connectivity index (χ0v) is 10.7. The largest absolute Gasteiger partial charge is 0.378 e. The number of rotatable bonds is 4. The summed E-state index contributed by atoms with van der Waals surface area (Å²) in [6.45, 7) is 1.31. The first-order chi connectivity index (χ1) is 8.15. The van der Waals surface area contributed by atoms with Gasteiger partial charge in [-0.2, -0.15) is 0 Å². The van der Waals surface area contributed by atoms with Crippen molar-refractivity contribution in [3.05, 3.63) is 12.2 Å². The molecule has 17 heavy (non-hydrogen) atoms. The van der Waals surface area contributed by atoms with Gasteiger partial charge in [-0.05, 0) is 37.0 Å². The second-order valence-corrected chi connectivity index (χ2v) is 7.48. The van der Waals surface area contributed by atoms with Crippen molar-refractivity contribution in [2.45, 2.75) is 24.5 Å². The van der Waals surface area contributed by atoms with Gasteiger partial charge in [-0.3, -0.25) is 0 Å². The van der Waals surface area contributed by atoms with Crippen molar-refractivity contribution < 1.29 is 13.2 Å². The zero-order chi connectivity index (χ0) is 11.9. The first-order valence-corrected chi connectivity index (χ1v) is 7.94. The Kier molecular flexibility index (Phi) is 3.00. The van der Waals surface area contributed by atoms with E-state index in [-0.39, 0.29) is 5.25 Å². The second kappa shape index (κ2) is 4.37. The topological polar surface area (TPSA) is 55.4 Å². The molecule has 4 rings (SSSR count). The minimum Gasteiger partial charge on any atom is -0.378 e. The lowest BCUT2D eigenvalue weighted by Crippen LogP contribution is -2.48. The van der Waals surface area contributed by atoms with Crippen LogP contribution in [-0.4, -0.2) is 33.4 Å². The van der Waals surface area contributed by atoms with Gasteiger partial charge in [0, 0.05) is 6.54 Å². The molecule has 0 spiro atoms. The maximum absolute atomic E-state index is 11.9. The molecule has 0 aromatic carbocycles. The first kappa shape index (κ1) is 11.7. The molecule has 1 aliphatic heterocycles. The van der Waals surface area contributed by atoms with Crippen molar-refractivity contribution in [3.63, 3.8) is 0 Å². The van der Waals surface area contributed by atoms with Gasteiger partial charge in [-0.1, -0.05) is 12.2 Å². The van der Waals surface area contributed by atoms with Crippen LogP contribution in [-0.2, 0) is 14.8 Å². The van der Waals surface area contributed by atoms with Crippen molar-refractivity contribution in [2.75, 3.05) is 19.8 Å². The lowest BCUT2D eigenvalue weighted by molar-refractivity contribution is 0.0410. The van der Waals surface area contributed by atoms with Crippen LogP contribution in [0.5, 0.6) is 0 Å². The third-order valence-corrected chi connectivity index (χ3v) is 6.02. The van der Waals surface area contributed by atoms with Crippen molar-refractivity contribution >= 4 is 10.0 Å². The Bertz CT molecular complexity index is 413. The molecule has 0 aromatic heterocycles. The van der Waals surface area contributed by atoms with Gasteiger partial charge in [0.25, 0.3) is 0 Å². The number of ether oxygens (including phenoxy) is 1. The minimum atomic E-state index is -3.14. The van der Waals surface area contributed by atoms with E-state index >= 15 is 0 Å². The van der Waals surface area contributed by atoms with Crippen LogP contribution in [0.3, 0.4) is 0 Å². The monoisotopic (exact) mass is 257 g/mol. The third kappa shape index (κ3) is 2.28. The molecule has 4 nitrogen and oxygen atoms in total. The van der Waals surface area contributed by atoms with E-state index in [1.54, 1.807) is 0 Å². The summed E-state index contributed by atoms with van der Waals surface area (Å²) in [6, 6.07) is 0. The van der Waals surface area contributed by atoms with Gasteiger partial charge in [-0.25, -0.2) is 13.1 Å². The van der Waals surface area contributed by atoms with Gasteiger partial charge in [0.2, 0.25) is 10.0 Å². The number of hydrogen-bond acceptors (Lipinski definition) is 3. The number of nitrogens with one attached hydrogen (secondary N) is 1. The van der Waals surface area contributed by atoms with Crippen LogP contribution in [0.4, 0.5) is 0 Å². The first-order valence-electron chi connectivity index (χ1n) is 6.40. The van der Waals surface area contributed by atoms with E-state index in [0.29, 0.717) is 37.5 Å². The predicted molar refractivity (Wildman–Crippen MR) is 65.0 cm³/mol. The quantitative estimate of drug-likeness (QED) is 0.762. The summed E-state index contributed by atoms with van der Waals surface area (Å²) in [7, 11) is -3.14. The van der Waals surface area contributed by atoms with Gasteiger partial charge in [0.1, 0.15) is 5.25 Å². The number of hydrogen-bond donors (Lipinski definition) is 1. The highest BCUT2D eigenvalue weighted by Gasteiger charge is 2.35. The molecule has 4 aliphatic rings. The minimum absolute atomic E-state index is 0.321. The normalized spacial score (nSPS) is 37.1. The summed E-state index contributed by atoms with van der Waals surface area (Å²) in [5.41, 5.74) is 0. The van der Waals surface area contributed by atoms with E-state index in [1.807, 2.05) is 0 Å². The van der Waals surface area contributed by atoms with Crippen LogP contribution in [0.15, 0.2) is 12.2 Å². The Hall–Kier alpha value is -0.390. The second-order valence-electron chi connectivity index (χ2n) is 5.43. The fourth-order valence-electron chi connectivity index (χ4n) is 3.02. The van der Waals surface area contributed by atoms with E-state index in [0.717, 1.165) is 6.42 Å². The van der Waals surface area contributed by atoms with Gasteiger partial charge in [-0.15, -0.1) is 0 Å². The Morgan fingerprint density at radius 2 is 2.06 bits per heavy atom. The van der Waals surface area contributed by atoms with Crippen LogP contribution in [0, 0.1) is 17.8 Å². The lowest BCUT2D eigenvalue weighted by Gasteiger charge is -2.38. The van der Waals surface area contributed by atoms with Gasteiger partial charge < -0.3 is 4.74 Å². The van der Waals surface area contributed by atoms with Crippen molar-refractivity contribution in [1.29, 1.82) is 0 Å². The van der Waals surface area contributed by atoms with Crippen molar-refractivity contribution in [2.24, 2.45) is 17.8 Å².